The molecule has 20 heavy (non-hydrogen) atoms. The van der Waals surface area contributed by atoms with Crippen molar-refractivity contribution < 1.29 is 14.3 Å². The van der Waals surface area contributed by atoms with Crippen LogP contribution in [0.25, 0.3) is 0 Å². The van der Waals surface area contributed by atoms with Gasteiger partial charge in [-0.3, -0.25) is 4.79 Å². The van der Waals surface area contributed by atoms with Crippen LogP contribution in [0.5, 0.6) is 5.75 Å². The quantitative estimate of drug-likeness (QED) is 0.805. The smallest absolute Gasteiger partial charge is 0.258 e. The number of hydrogen-bond acceptors (Lipinski definition) is 3. The van der Waals surface area contributed by atoms with Crippen molar-refractivity contribution >= 4 is 11.6 Å². The van der Waals surface area contributed by atoms with Gasteiger partial charge in [-0.05, 0) is 36.8 Å². The van der Waals surface area contributed by atoms with E-state index < -0.39 is 11.7 Å². The van der Waals surface area contributed by atoms with Crippen molar-refractivity contribution in [3.8, 4) is 5.75 Å². The van der Waals surface area contributed by atoms with Gasteiger partial charge in [0.05, 0.1) is 5.56 Å². The number of carbonyl (C=O) groups is 1. The van der Waals surface area contributed by atoms with Gasteiger partial charge >= 0.3 is 0 Å². The van der Waals surface area contributed by atoms with E-state index in [-0.39, 0.29) is 17.4 Å². The van der Waals surface area contributed by atoms with Gasteiger partial charge in [-0.15, -0.1) is 0 Å². The summed E-state index contributed by atoms with van der Waals surface area (Å²) in [7, 11) is 0. The molecular formula is C15H15FN2O2. The molecule has 5 heteroatoms. The zero-order valence-corrected chi connectivity index (χ0v) is 10.9. The summed E-state index contributed by atoms with van der Waals surface area (Å²) in [6.07, 6.45) is 0. The van der Waals surface area contributed by atoms with E-state index in [1.165, 1.54) is 12.1 Å². The summed E-state index contributed by atoms with van der Waals surface area (Å²) < 4.78 is 13.6. The van der Waals surface area contributed by atoms with Crippen LogP contribution < -0.4 is 11.1 Å². The number of rotatable bonds is 3. The molecule has 0 heterocycles. The van der Waals surface area contributed by atoms with E-state index in [9.17, 15) is 9.18 Å². The number of nitrogens with two attached hydrogens (primary N) is 1. The van der Waals surface area contributed by atoms with E-state index in [0.717, 1.165) is 11.6 Å². The summed E-state index contributed by atoms with van der Waals surface area (Å²) in [5.74, 6) is -1.58. The molecule has 0 radical (unpaired) electrons. The lowest BCUT2D eigenvalue weighted by molar-refractivity contribution is 0.102. The van der Waals surface area contributed by atoms with Crippen molar-refractivity contribution in [1.82, 2.24) is 0 Å². The molecule has 1 unspecified atom stereocenters. The van der Waals surface area contributed by atoms with E-state index in [2.05, 4.69) is 5.32 Å². The Morgan fingerprint density at radius 1 is 1.30 bits per heavy atom. The summed E-state index contributed by atoms with van der Waals surface area (Å²) in [6, 6.07) is 10.3. The molecule has 0 bridgehead atoms. The Morgan fingerprint density at radius 2 is 2.05 bits per heavy atom. The van der Waals surface area contributed by atoms with Crippen LogP contribution in [0.1, 0.15) is 28.9 Å². The minimum Gasteiger partial charge on any atom is -0.508 e. The number of phenolic OH excluding ortho intramolecular Hbond substituents is 1. The maximum Gasteiger partial charge on any atom is 0.258 e. The van der Waals surface area contributed by atoms with Crippen LogP contribution in [-0.4, -0.2) is 11.0 Å². The molecule has 2 aromatic rings. The molecule has 4 N–H and O–H groups in total. The van der Waals surface area contributed by atoms with E-state index >= 15 is 0 Å². The van der Waals surface area contributed by atoms with Crippen LogP contribution in [0, 0.1) is 5.82 Å². The Labute approximate surface area is 116 Å². The fourth-order valence-electron chi connectivity index (χ4n) is 1.79. The Morgan fingerprint density at radius 3 is 2.70 bits per heavy atom. The number of halogens is 1. The second-order valence-corrected chi connectivity index (χ2v) is 4.53. The normalized spacial score (nSPS) is 11.9. The van der Waals surface area contributed by atoms with Crippen molar-refractivity contribution in [1.29, 1.82) is 0 Å². The van der Waals surface area contributed by atoms with Crippen molar-refractivity contribution in [3.05, 3.63) is 59.4 Å². The number of benzene rings is 2. The van der Waals surface area contributed by atoms with Gasteiger partial charge in [0.1, 0.15) is 11.6 Å². The maximum absolute atomic E-state index is 13.6. The minimum absolute atomic E-state index is 0.131. The van der Waals surface area contributed by atoms with Crippen LogP contribution in [-0.2, 0) is 0 Å². The Hall–Kier alpha value is -2.40. The van der Waals surface area contributed by atoms with Crippen LogP contribution in [0.15, 0.2) is 42.5 Å². The van der Waals surface area contributed by atoms with Crippen molar-refractivity contribution in [2.24, 2.45) is 5.73 Å². The Balaban J connectivity index is 2.21. The van der Waals surface area contributed by atoms with Gasteiger partial charge in [0.25, 0.3) is 5.91 Å². The molecule has 2 aromatic carbocycles. The zero-order chi connectivity index (χ0) is 14.7. The predicted molar refractivity (Wildman–Crippen MR) is 75.1 cm³/mol. The molecule has 0 saturated carbocycles. The summed E-state index contributed by atoms with van der Waals surface area (Å²) >= 11 is 0. The third-order valence-electron chi connectivity index (χ3n) is 2.87. The van der Waals surface area contributed by atoms with E-state index in [1.807, 2.05) is 13.0 Å². The number of anilines is 1. The first-order chi connectivity index (χ1) is 9.47. The fourth-order valence-corrected chi connectivity index (χ4v) is 1.79. The van der Waals surface area contributed by atoms with Crippen molar-refractivity contribution in [2.45, 2.75) is 13.0 Å². The summed E-state index contributed by atoms with van der Waals surface area (Å²) in [4.78, 5) is 12.0. The lowest BCUT2D eigenvalue weighted by Gasteiger charge is -2.10. The first kappa shape index (κ1) is 14.0. The number of aromatic hydroxyl groups is 1. The van der Waals surface area contributed by atoms with Gasteiger partial charge in [0, 0.05) is 17.8 Å². The molecule has 0 aliphatic heterocycles. The standard InChI is InChI=1S/C15H15FN2O2/c1-9(17)10-3-2-4-11(7-10)18-15(20)13-6-5-12(19)8-14(13)16/h2-9,19H,17H2,1H3,(H,18,20). The number of amides is 1. The molecule has 1 amide bonds. The second kappa shape index (κ2) is 5.71. The lowest BCUT2D eigenvalue weighted by atomic mass is 10.1. The Kier molecular flexibility index (Phi) is 4.00. The molecule has 2 rings (SSSR count). The highest BCUT2D eigenvalue weighted by Gasteiger charge is 2.12. The molecule has 104 valence electrons. The Bertz CT molecular complexity index is 642. The van der Waals surface area contributed by atoms with Gasteiger partial charge < -0.3 is 16.2 Å². The predicted octanol–water partition coefficient (Wildman–Crippen LogP) is 2.80. The van der Waals surface area contributed by atoms with Crippen molar-refractivity contribution in [2.75, 3.05) is 5.32 Å². The third-order valence-corrected chi connectivity index (χ3v) is 2.87. The fraction of sp³-hybridized carbons (Fsp3) is 0.133. The summed E-state index contributed by atoms with van der Waals surface area (Å²) in [5, 5.41) is 11.7. The van der Waals surface area contributed by atoms with Gasteiger partial charge in [-0.2, -0.15) is 0 Å². The van der Waals surface area contributed by atoms with Crippen LogP contribution in [0.2, 0.25) is 0 Å². The maximum atomic E-state index is 13.6. The average molecular weight is 274 g/mol. The summed E-state index contributed by atoms with van der Waals surface area (Å²) in [6.45, 7) is 1.83. The lowest BCUT2D eigenvalue weighted by Crippen LogP contribution is -2.14. The second-order valence-electron chi connectivity index (χ2n) is 4.53. The number of hydrogen-bond donors (Lipinski definition) is 3. The summed E-state index contributed by atoms with van der Waals surface area (Å²) in [5.41, 5.74) is 7.04. The van der Waals surface area contributed by atoms with Crippen LogP contribution >= 0.6 is 0 Å². The first-order valence-corrected chi connectivity index (χ1v) is 6.13. The van der Waals surface area contributed by atoms with Crippen LogP contribution in [0.4, 0.5) is 10.1 Å². The van der Waals surface area contributed by atoms with E-state index in [0.29, 0.717) is 5.69 Å². The highest BCUT2D eigenvalue weighted by Crippen LogP contribution is 2.19. The van der Waals surface area contributed by atoms with Crippen LogP contribution in [0.3, 0.4) is 0 Å². The number of phenols is 1. The molecule has 0 aromatic heterocycles. The average Bonchev–Trinajstić information content (AvgIpc) is 2.38. The first-order valence-electron chi connectivity index (χ1n) is 6.13. The molecule has 0 fully saturated rings. The number of carbonyl (C=O) groups excluding carboxylic acids is 1. The molecule has 0 saturated heterocycles. The molecule has 0 aliphatic rings. The SMILES string of the molecule is CC(N)c1cccc(NC(=O)c2ccc(O)cc2F)c1. The van der Waals surface area contributed by atoms with Gasteiger partial charge in [0.15, 0.2) is 0 Å². The highest BCUT2D eigenvalue weighted by atomic mass is 19.1. The third kappa shape index (κ3) is 3.13. The van der Waals surface area contributed by atoms with Crippen molar-refractivity contribution in [3.63, 3.8) is 0 Å². The molecule has 4 nitrogen and oxygen atoms in total. The van der Waals surface area contributed by atoms with Gasteiger partial charge in [0.2, 0.25) is 0 Å². The minimum atomic E-state index is -0.772. The monoisotopic (exact) mass is 274 g/mol. The van der Waals surface area contributed by atoms with E-state index in [1.54, 1.807) is 18.2 Å². The van der Waals surface area contributed by atoms with Gasteiger partial charge in [-0.25, -0.2) is 4.39 Å². The van der Waals surface area contributed by atoms with E-state index in [4.69, 9.17) is 10.8 Å². The molecule has 0 aliphatic carbocycles. The largest absolute Gasteiger partial charge is 0.508 e. The molecule has 0 spiro atoms. The molecular weight excluding hydrogens is 259 g/mol. The topological polar surface area (TPSA) is 75.3 Å². The zero-order valence-electron chi connectivity index (χ0n) is 10.9. The van der Waals surface area contributed by atoms with Gasteiger partial charge in [-0.1, -0.05) is 12.1 Å². The highest BCUT2D eigenvalue weighted by molar-refractivity contribution is 6.04. The molecule has 1 atom stereocenters. The number of nitrogens with one attached hydrogen (secondary N) is 1.